The number of ketones is 1. The number of benzene rings is 1. The van der Waals surface area contributed by atoms with E-state index in [1.807, 2.05) is 45.9 Å². The first-order valence-corrected chi connectivity index (χ1v) is 8.33. The van der Waals surface area contributed by atoms with Crippen molar-refractivity contribution in [1.29, 1.82) is 0 Å². The molecule has 0 aromatic heterocycles. The molecule has 0 N–H and O–H groups in total. The Balaban J connectivity index is 1.83. The standard InChI is InChI=1S/C18H25BO4/c1-12(20)15-10-14(8-9-16(15)21-11-13-6-7-13)19-22-17(2,3)18(4,5)23-19/h8-10,13H,6-7,11H2,1-5H3. The topological polar surface area (TPSA) is 44.8 Å². The molecule has 2 fully saturated rings. The lowest BCUT2D eigenvalue weighted by Gasteiger charge is -2.32. The minimum absolute atomic E-state index is 0.00540. The van der Waals surface area contributed by atoms with Gasteiger partial charge in [-0.15, -0.1) is 0 Å². The third-order valence-corrected chi connectivity index (χ3v) is 5.08. The van der Waals surface area contributed by atoms with Crippen LogP contribution in [0.3, 0.4) is 0 Å². The highest BCUT2D eigenvalue weighted by Gasteiger charge is 2.51. The summed E-state index contributed by atoms with van der Waals surface area (Å²) in [5.74, 6) is 1.30. The van der Waals surface area contributed by atoms with Gasteiger partial charge in [-0.3, -0.25) is 4.79 Å². The first-order valence-electron chi connectivity index (χ1n) is 8.33. The molecule has 0 spiro atoms. The fraction of sp³-hybridized carbons (Fsp3) is 0.611. The zero-order chi connectivity index (χ0) is 16.8. The van der Waals surface area contributed by atoms with Crippen LogP contribution in [0.2, 0.25) is 0 Å². The van der Waals surface area contributed by atoms with Crippen molar-refractivity contribution in [3.05, 3.63) is 23.8 Å². The predicted molar refractivity (Wildman–Crippen MR) is 90.4 cm³/mol. The molecule has 1 saturated heterocycles. The first-order chi connectivity index (χ1) is 10.7. The molecule has 1 heterocycles. The van der Waals surface area contributed by atoms with Gasteiger partial charge in [-0.2, -0.15) is 0 Å². The monoisotopic (exact) mass is 316 g/mol. The van der Waals surface area contributed by atoms with Crippen molar-refractivity contribution in [3.63, 3.8) is 0 Å². The molecule has 5 heteroatoms. The van der Waals surface area contributed by atoms with E-state index in [1.54, 1.807) is 6.92 Å². The summed E-state index contributed by atoms with van der Waals surface area (Å²) in [7, 11) is -0.462. The smallest absolute Gasteiger partial charge is 0.493 e. The van der Waals surface area contributed by atoms with Gasteiger partial charge in [-0.1, -0.05) is 6.07 Å². The van der Waals surface area contributed by atoms with Crippen LogP contribution < -0.4 is 10.2 Å². The molecular formula is C18H25BO4. The van der Waals surface area contributed by atoms with Gasteiger partial charge in [0.15, 0.2) is 5.78 Å². The third kappa shape index (κ3) is 3.31. The third-order valence-electron chi connectivity index (χ3n) is 5.08. The first kappa shape index (κ1) is 16.5. The molecule has 1 aromatic rings. The Labute approximate surface area is 138 Å². The highest BCUT2D eigenvalue weighted by Crippen LogP contribution is 2.37. The molecule has 1 aromatic carbocycles. The second-order valence-corrected chi connectivity index (χ2v) is 7.65. The van der Waals surface area contributed by atoms with Crippen LogP contribution in [0, 0.1) is 5.92 Å². The predicted octanol–water partition coefficient (Wildman–Crippen LogP) is 2.98. The second kappa shape index (κ2) is 5.64. The number of hydrogen-bond donors (Lipinski definition) is 0. The molecule has 0 amide bonds. The van der Waals surface area contributed by atoms with E-state index < -0.39 is 18.3 Å². The largest absolute Gasteiger partial charge is 0.494 e. The molecule has 0 unspecified atom stereocenters. The zero-order valence-electron chi connectivity index (χ0n) is 14.6. The maximum Gasteiger partial charge on any atom is 0.494 e. The zero-order valence-corrected chi connectivity index (χ0v) is 14.6. The summed E-state index contributed by atoms with van der Waals surface area (Å²) in [6, 6.07) is 5.63. The molecule has 0 atom stereocenters. The molecule has 1 saturated carbocycles. The molecule has 3 rings (SSSR count). The summed E-state index contributed by atoms with van der Waals surface area (Å²) < 4.78 is 17.9. The van der Waals surface area contributed by atoms with Crippen LogP contribution in [-0.4, -0.2) is 30.7 Å². The molecule has 0 radical (unpaired) electrons. The molecule has 2 aliphatic rings. The van der Waals surface area contributed by atoms with Crippen molar-refractivity contribution < 1.29 is 18.8 Å². The van der Waals surface area contributed by atoms with Gasteiger partial charge in [0.1, 0.15) is 5.75 Å². The van der Waals surface area contributed by atoms with Crippen LogP contribution in [0.15, 0.2) is 18.2 Å². The Bertz CT molecular complexity index is 603. The fourth-order valence-electron chi connectivity index (χ4n) is 2.57. The van der Waals surface area contributed by atoms with Crippen LogP contribution >= 0.6 is 0 Å². The lowest BCUT2D eigenvalue weighted by Crippen LogP contribution is -2.41. The van der Waals surface area contributed by atoms with Gasteiger partial charge < -0.3 is 14.0 Å². The summed E-state index contributed by atoms with van der Waals surface area (Å²) in [6.45, 7) is 10.3. The molecule has 0 bridgehead atoms. The van der Waals surface area contributed by atoms with Gasteiger partial charge >= 0.3 is 7.12 Å². The summed E-state index contributed by atoms with van der Waals surface area (Å²) in [4.78, 5) is 12.0. The van der Waals surface area contributed by atoms with Crippen molar-refractivity contribution in [1.82, 2.24) is 0 Å². The van der Waals surface area contributed by atoms with E-state index in [2.05, 4.69) is 0 Å². The SMILES string of the molecule is CC(=O)c1cc(B2OC(C)(C)C(C)(C)O2)ccc1OCC1CC1. The Morgan fingerprint density at radius 2 is 1.83 bits per heavy atom. The number of rotatable bonds is 5. The van der Waals surface area contributed by atoms with Gasteiger partial charge in [0.25, 0.3) is 0 Å². The summed E-state index contributed by atoms with van der Waals surface area (Å²) >= 11 is 0. The molecule has 4 nitrogen and oxygen atoms in total. The lowest BCUT2D eigenvalue weighted by molar-refractivity contribution is 0.00578. The van der Waals surface area contributed by atoms with E-state index in [1.165, 1.54) is 12.8 Å². The molecular weight excluding hydrogens is 291 g/mol. The van der Waals surface area contributed by atoms with Crippen molar-refractivity contribution in [2.24, 2.45) is 5.92 Å². The maximum absolute atomic E-state index is 12.0. The van der Waals surface area contributed by atoms with Crippen molar-refractivity contribution in [2.45, 2.75) is 58.7 Å². The average Bonchev–Trinajstić information content (AvgIpc) is 3.24. The van der Waals surface area contributed by atoms with E-state index >= 15 is 0 Å². The summed E-state index contributed by atoms with van der Waals surface area (Å²) in [5, 5.41) is 0. The van der Waals surface area contributed by atoms with Gasteiger partial charge in [0, 0.05) is 0 Å². The van der Waals surface area contributed by atoms with Crippen molar-refractivity contribution in [2.75, 3.05) is 6.61 Å². The summed E-state index contributed by atoms with van der Waals surface area (Å²) in [5.41, 5.74) is 0.662. The number of ether oxygens (including phenoxy) is 1. The van der Waals surface area contributed by atoms with Crippen LogP contribution in [-0.2, 0) is 9.31 Å². The Hall–Kier alpha value is -1.33. The molecule has 1 aliphatic heterocycles. The Morgan fingerprint density at radius 3 is 2.35 bits per heavy atom. The normalized spacial score (nSPS) is 22.2. The second-order valence-electron chi connectivity index (χ2n) is 7.65. The van der Waals surface area contributed by atoms with Gasteiger partial charge in [-0.05, 0) is 71.0 Å². The van der Waals surface area contributed by atoms with E-state index in [9.17, 15) is 4.79 Å². The van der Waals surface area contributed by atoms with E-state index in [0.29, 0.717) is 23.8 Å². The number of hydrogen-bond acceptors (Lipinski definition) is 4. The van der Waals surface area contributed by atoms with Gasteiger partial charge in [0.05, 0.1) is 23.4 Å². The lowest BCUT2D eigenvalue weighted by atomic mass is 9.78. The molecule has 124 valence electrons. The summed E-state index contributed by atoms with van der Waals surface area (Å²) in [6.07, 6.45) is 2.45. The molecule has 23 heavy (non-hydrogen) atoms. The highest BCUT2D eigenvalue weighted by atomic mass is 16.7. The average molecular weight is 316 g/mol. The minimum Gasteiger partial charge on any atom is -0.493 e. The van der Waals surface area contributed by atoms with Gasteiger partial charge in [0.2, 0.25) is 0 Å². The number of carbonyl (C=O) groups excluding carboxylic acids is 1. The maximum atomic E-state index is 12.0. The Kier molecular flexibility index (Phi) is 4.05. The van der Waals surface area contributed by atoms with Crippen LogP contribution in [0.4, 0.5) is 0 Å². The van der Waals surface area contributed by atoms with Crippen LogP contribution in [0.25, 0.3) is 0 Å². The van der Waals surface area contributed by atoms with Gasteiger partial charge in [-0.25, -0.2) is 0 Å². The van der Waals surface area contributed by atoms with E-state index in [0.717, 1.165) is 5.46 Å². The van der Waals surface area contributed by atoms with Crippen LogP contribution in [0.5, 0.6) is 5.75 Å². The highest BCUT2D eigenvalue weighted by molar-refractivity contribution is 6.62. The minimum atomic E-state index is -0.462. The van der Waals surface area contributed by atoms with E-state index in [4.69, 9.17) is 14.0 Å². The number of carbonyl (C=O) groups is 1. The quantitative estimate of drug-likeness (QED) is 0.619. The fourth-order valence-corrected chi connectivity index (χ4v) is 2.57. The molecule has 1 aliphatic carbocycles. The van der Waals surface area contributed by atoms with E-state index in [-0.39, 0.29) is 5.78 Å². The Morgan fingerprint density at radius 1 is 1.22 bits per heavy atom. The van der Waals surface area contributed by atoms with Crippen molar-refractivity contribution in [3.8, 4) is 5.75 Å². The number of Topliss-reactive ketones (excluding diaryl/α,β-unsaturated/α-hetero) is 1. The van der Waals surface area contributed by atoms with Crippen molar-refractivity contribution >= 4 is 18.4 Å². The van der Waals surface area contributed by atoms with Crippen LogP contribution in [0.1, 0.15) is 57.8 Å².